The van der Waals surface area contributed by atoms with E-state index in [4.69, 9.17) is 4.74 Å². The Kier molecular flexibility index (Phi) is 6.88. The van der Waals surface area contributed by atoms with Crippen molar-refractivity contribution in [1.82, 2.24) is 0 Å². The van der Waals surface area contributed by atoms with E-state index in [0.717, 1.165) is 15.9 Å². The molecule has 1 saturated carbocycles. The lowest BCUT2D eigenvalue weighted by atomic mass is 9.57. The normalized spacial score (nSPS) is 26.4. The van der Waals surface area contributed by atoms with Crippen LogP contribution in [0.15, 0.2) is 78.4 Å². The maximum atomic E-state index is 14.2. The molecular weight excluding hydrogens is 612 g/mol. The molecule has 14 nitrogen and oxygen atoms in total. The highest BCUT2D eigenvalue weighted by Crippen LogP contribution is 2.59. The zero-order chi connectivity index (χ0) is 33.3. The van der Waals surface area contributed by atoms with Crippen LogP contribution in [0.4, 0.5) is 22.7 Å². The lowest BCUT2D eigenvalue weighted by Gasteiger charge is -2.44. The van der Waals surface area contributed by atoms with Crippen molar-refractivity contribution in [3.63, 3.8) is 0 Å². The van der Waals surface area contributed by atoms with Crippen molar-refractivity contribution < 1.29 is 38.9 Å². The Bertz CT molecular complexity index is 1960. The Labute approximate surface area is 266 Å². The molecule has 0 radical (unpaired) electrons. The third kappa shape index (κ3) is 4.47. The van der Waals surface area contributed by atoms with Crippen molar-refractivity contribution in [3.05, 3.63) is 104 Å². The number of benzene rings is 3. The first-order chi connectivity index (χ1) is 22.5. The number of nitro groups is 2. The molecule has 2 aliphatic carbocycles. The molecule has 47 heavy (non-hydrogen) atoms. The van der Waals surface area contributed by atoms with Crippen molar-refractivity contribution in [1.29, 1.82) is 0 Å². The molecule has 4 amide bonds. The first kappa shape index (κ1) is 29.8. The highest BCUT2D eigenvalue weighted by molar-refractivity contribution is 6.24. The second kappa shape index (κ2) is 10.9. The van der Waals surface area contributed by atoms with Crippen molar-refractivity contribution in [2.24, 2.45) is 29.6 Å². The van der Waals surface area contributed by atoms with Crippen LogP contribution in [-0.2, 0) is 19.2 Å². The van der Waals surface area contributed by atoms with E-state index in [0.29, 0.717) is 11.1 Å². The Morgan fingerprint density at radius 3 is 1.89 bits per heavy atom. The molecule has 2 saturated heterocycles. The number of imide groups is 2. The predicted molar refractivity (Wildman–Crippen MR) is 163 cm³/mol. The van der Waals surface area contributed by atoms with Crippen LogP contribution in [0.3, 0.4) is 0 Å². The van der Waals surface area contributed by atoms with Crippen LogP contribution in [0.25, 0.3) is 0 Å². The Balaban J connectivity index is 1.34. The second-order valence-electron chi connectivity index (χ2n) is 12.0. The number of nitro benzene ring substituents is 2. The lowest BCUT2D eigenvalue weighted by Crippen LogP contribution is -2.43. The molecule has 0 bridgehead atoms. The number of nitrogens with zero attached hydrogens (tertiary/aromatic N) is 4. The van der Waals surface area contributed by atoms with Crippen LogP contribution in [0.5, 0.6) is 11.5 Å². The van der Waals surface area contributed by atoms with E-state index >= 15 is 0 Å². The quantitative estimate of drug-likeness (QED) is 0.177. The maximum absolute atomic E-state index is 14.2. The number of methoxy groups -OCH3 is 1. The standard InChI is InChI=1S/C33H26N4O10/c1-47-26-12-16(8-11-25(26)38)27-21-9-10-22-28(32(41)34(30(22)39)17-4-2-6-19(13-17)36(43)44)23(21)15-24-29(27)33(42)35(31(24)40)18-5-3-7-20(14-18)37(45)46/h2-9,11-14,22-24,27-29,38H,10,15H2,1H3. The summed E-state index contributed by atoms with van der Waals surface area (Å²) in [6.45, 7) is 0. The smallest absolute Gasteiger partial charge is 0.271 e. The van der Waals surface area contributed by atoms with E-state index < -0.39 is 69.0 Å². The number of phenols is 1. The minimum absolute atomic E-state index is 0.0458. The molecule has 6 atom stereocenters. The molecule has 4 aliphatic rings. The topological polar surface area (TPSA) is 190 Å². The van der Waals surface area contributed by atoms with Gasteiger partial charge in [0.05, 0.1) is 52.0 Å². The highest BCUT2D eigenvalue weighted by Gasteiger charge is 2.62. The zero-order valence-corrected chi connectivity index (χ0v) is 24.7. The molecule has 3 fully saturated rings. The van der Waals surface area contributed by atoms with Crippen LogP contribution in [-0.4, -0.2) is 45.7 Å². The van der Waals surface area contributed by atoms with Crippen LogP contribution < -0.4 is 14.5 Å². The molecule has 14 heteroatoms. The number of amides is 4. The minimum Gasteiger partial charge on any atom is -0.504 e. The van der Waals surface area contributed by atoms with E-state index in [1.165, 1.54) is 55.6 Å². The summed E-state index contributed by atoms with van der Waals surface area (Å²) in [5.74, 6) is -7.21. The first-order valence-electron chi connectivity index (χ1n) is 14.8. The molecule has 2 aliphatic heterocycles. The fraction of sp³-hybridized carbons (Fsp3) is 0.273. The van der Waals surface area contributed by atoms with E-state index in [1.807, 2.05) is 6.08 Å². The number of carbonyl (C=O) groups is 4. The Morgan fingerprint density at radius 1 is 0.745 bits per heavy atom. The summed E-state index contributed by atoms with van der Waals surface area (Å²) >= 11 is 0. The second-order valence-corrected chi connectivity index (χ2v) is 12.0. The number of allylic oxidation sites excluding steroid dienone is 2. The van der Waals surface area contributed by atoms with Gasteiger partial charge in [0.25, 0.3) is 11.4 Å². The van der Waals surface area contributed by atoms with E-state index in [2.05, 4.69) is 0 Å². The molecule has 0 aromatic heterocycles. The summed E-state index contributed by atoms with van der Waals surface area (Å²) < 4.78 is 5.34. The van der Waals surface area contributed by atoms with Gasteiger partial charge in [-0.2, -0.15) is 0 Å². The van der Waals surface area contributed by atoms with Crippen molar-refractivity contribution >= 4 is 46.4 Å². The van der Waals surface area contributed by atoms with Crippen LogP contribution >= 0.6 is 0 Å². The number of rotatable bonds is 6. The number of aromatic hydroxyl groups is 1. The van der Waals surface area contributed by atoms with E-state index in [9.17, 15) is 44.5 Å². The highest BCUT2D eigenvalue weighted by atomic mass is 16.6. The average Bonchev–Trinajstić information content (AvgIpc) is 3.47. The van der Waals surface area contributed by atoms with Gasteiger partial charge in [0, 0.05) is 30.2 Å². The predicted octanol–water partition coefficient (Wildman–Crippen LogP) is 4.26. The van der Waals surface area contributed by atoms with Gasteiger partial charge in [-0.15, -0.1) is 0 Å². The van der Waals surface area contributed by atoms with E-state index in [-0.39, 0.29) is 47.1 Å². The number of carbonyl (C=O) groups excluding carboxylic acids is 4. The molecule has 7 rings (SSSR count). The SMILES string of the molecule is COc1cc(C2C3=CCC4C(=O)N(c5cccc([N+](=O)[O-])c5)C(=O)C4C3CC3C(=O)N(c4cccc([N+](=O)[O-])c4)C(=O)C32)ccc1O. The Morgan fingerprint density at radius 2 is 1.32 bits per heavy atom. The third-order valence-electron chi connectivity index (χ3n) is 9.81. The summed E-state index contributed by atoms with van der Waals surface area (Å²) in [6, 6.07) is 15.1. The fourth-order valence-electron chi connectivity index (χ4n) is 7.85. The van der Waals surface area contributed by atoms with Crippen molar-refractivity contribution in [2.45, 2.75) is 18.8 Å². The summed E-state index contributed by atoms with van der Waals surface area (Å²) in [7, 11) is 1.37. The fourth-order valence-corrected chi connectivity index (χ4v) is 7.85. The van der Waals surface area contributed by atoms with Crippen LogP contribution in [0, 0.1) is 49.8 Å². The van der Waals surface area contributed by atoms with Gasteiger partial charge in [0.2, 0.25) is 23.6 Å². The van der Waals surface area contributed by atoms with Crippen LogP contribution in [0.2, 0.25) is 0 Å². The lowest BCUT2D eigenvalue weighted by molar-refractivity contribution is -0.385. The number of non-ortho nitro benzene ring substituents is 2. The number of hydrogen-bond acceptors (Lipinski definition) is 10. The largest absolute Gasteiger partial charge is 0.504 e. The monoisotopic (exact) mass is 638 g/mol. The summed E-state index contributed by atoms with van der Waals surface area (Å²) in [5, 5.41) is 33.3. The van der Waals surface area contributed by atoms with Gasteiger partial charge in [-0.3, -0.25) is 39.4 Å². The van der Waals surface area contributed by atoms with Gasteiger partial charge in [-0.25, -0.2) is 9.80 Å². The molecule has 6 unspecified atom stereocenters. The number of anilines is 2. The first-order valence-corrected chi connectivity index (χ1v) is 14.8. The number of phenolic OH excluding ortho intramolecular Hbond substituents is 1. The van der Waals surface area contributed by atoms with Crippen molar-refractivity contribution in [2.75, 3.05) is 16.9 Å². The average molecular weight is 639 g/mol. The van der Waals surface area contributed by atoms with Gasteiger partial charge >= 0.3 is 0 Å². The third-order valence-corrected chi connectivity index (χ3v) is 9.81. The van der Waals surface area contributed by atoms with Gasteiger partial charge < -0.3 is 9.84 Å². The molecule has 3 aromatic rings. The molecular formula is C33H26N4O10. The molecule has 2 heterocycles. The van der Waals surface area contributed by atoms with E-state index in [1.54, 1.807) is 12.1 Å². The molecule has 238 valence electrons. The maximum Gasteiger partial charge on any atom is 0.271 e. The number of ether oxygens (including phenoxy) is 1. The Hall–Kier alpha value is -5.92. The zero-order valence-electron chi connectivity index (χ0n) is 24.7. The van der Waals surface area contributed by atoms with Crippen LogP contribution in [0.1, 0.15) is 24.3 Å². The molecule has 0 spiro atoms. The minimum atomic E-state index is -0.949. The summed E-state index contributed by atoms with van der Waals surface area (Å²) in [5.41, 5.74) is 0.762. The van der Waals surface area contributed by atoms with Gasteiger partial charge in [0.1, 0.15) is 0 Å². The van der Waals surface area contributed by atoms with Gasteiger partial charge in [0.15, 0.2) is 11.5 Å². The number of hydrogen-bond donors (Lipinski definition) is 1. The van der Waals surface area contributed by atoms with Crippen molar-refractivity contribution in [3.8, 4) is 11.5 Å². The molecule has 3 aromatic carbocycles. The summed E-state index contributed by atoms with van der Waals surface area (Å²) in [4.78, 5) is 79.8. The number of fused-ring (bicyclic) bond motifs is 4. The van der Waals surface area contributed by atoms with Gasteiger partial charge in [-0.1, -0.05) is 29.8 Å². The van der Waals surface area contributed by atoms with Gasteiger partial charge in [-0.05, 0) is 48.6 Å². The summed E-state index contributed by atoms with van der Waals surface area (Å²) in [6.07, 6.45) is 2.05. The molecule has 1 N–H and O–H groups in total.